The first-order valence-corrected chi connectivity index (χ1v) is 8.25. The Kier molecular flexibility index (Phi) is 4.19. The molecule has 20 heavy (non-hydrogen) atoms. The van der Waals surface area contributed by atoms with Gasteiger partial charge in [-0.05, 0) is 6.42 Å². The summed E-state index contributed by atoms with van der Waals surface area (Å²) in [7, 11) is -3.08. The Balaban J connectivity index is 1.94. The molecule has 0 aliphatic carbocycles. The number of aliphatic carboxylic acids is 1. The number of urea groups is 1. The summed E-state index contributed by atoms with van der Waals surface area (Å²) in [6, 6.07) is -1.10. The molecule has 0 radical (unpaired) electrons. The van der Waals surface area contributed by atoms with Crippen LogP contribution in [-0.2, 0) is 19.4 Å². The summed E-state index contributed by atoms with van der Waals surface area (Å²) in [5.74, 6) is -1.14. The van der Waals surface area contributed by atoms with E-state index >= 15 is 0 Å². The highest BCUT2D eigenvalue weighted by molar-refractivity contribution is 7.91. The third-order valence-corrected chi connectivity index (χ3v) is 5.44. The average molecular weight is 306 g/mol. The molecule has 0 bridgehead atoms. The van der Waals surface area contributed by atoms with Crippen LogP contribution in [-0.4, -0.2) is 61.8 Å². The van der Waals surface area contributed by atoms with Gasteiger partial charge in [-0.25, -0.2) is 18.0 Å². The molecule has 8 nitrogen and oxygen atoms in total. The first kappa shape index (κ1) is 15.0. The molecule has 2 heterocycles. The zero-order chi connectivity index (χ0) is 14.8. The largest absolute Gasteiger partial charge is 0.480 e. The highest BCUT2D eigenvalue weighted by atomic mass is 32.2. The van der Waals surface area contributed by atoms with Crippen LogP contribution in [0.3, 0.4) is 0 Å². The minimum absolute atomic E-state index is 0.0514. The van der Waals surface area contributed by atoms with Crippen LogP contribution in [0, 0.1) is 0 Å². The Morgan fingerprint density at radius 2 is 1.90 bits per heavy atom. The molecular formula is C11H18N2O6S. The fraction of sp³-hybridized carbons (Fsp3) is 0.818. The number of carbonyl (C=O) groups excluding carboxylic acids is 1. The van der Waals surface area contributed by atoms with E-state index < -0.39 is 33.4 Å². The first-order chi connectivity index (χ1) is 9.33. The van der Waals surface area contributed by atoms with E-state index in [4.69, 9.17) is 4.74 Å². The van der Waals surface area contributed by atoms with Gasteiger partial charge in [-0.2, -0.15) is 0 Å². The summed E-state index contributed by atoms with van der Waals surface area (Å²) in [4.78, 5) is 23.2. The van der Waals surface area contributed by atoms with Crippen LogP contribution in [0.4, 0.5) is 4.79 Å². The second-order valence-electron chi connectivity index (χ2n) is 5.20. The number of carbonyl (C=O) groups is 2. The van der Waals surface area contributed by atoms with Crippen LogP contribution in [0.25, 0.3) is 0 Å². The molecule has 1 unspecified atom stereocenters. The predicted octanol–water partition coefficient (Wildman–Crippen LogP) is -0.893. The molecule has 2 fully saturated rings. The molecule has 2 rings (SSSR count). The van der Waals surface area contributed by atoms with E-state index in [1.54, 1.807) is 0 Å². The first-order valence-electron chi connectivity index (χ1n) is 6.43. The molecule has 0 aromatic heterocycles. The van der Waals surface area contributed by atoms with Gasteiger partial charge in [0, 0.05) is 32.1 Å². The number of nitrogens with one attached hydrogen (secondary N) is 2. The SMILES string of the molecule is O=C(NC1CCS(=O)(=O)C1)NC1(C(=O)O)CCOCC1. The van der Waals surface area contributed by atoms with Gasteiger partial charge in [-0.1, -0.05) is 0 Å². The number of carboxylic acids is 1. The Morgan fingerprint density at radius 1 is 1.25 bits per heavy atom. The van der Waals surface area contributed by atoms with E-state index in [2.05, 4.69) is 10.6 Å². The maximum Gasteiger partial charge on any atom is 0.329 e. The van der Waals surface area contributed by atoms with Gasteiger partial charge >= 0.3 is 12.0 Å². The van der Waals surface area contributed by atoms with E-state index in [1.165, 1.54) is 0 Å². The molecule has 114 valence electrons. The lowest BCUT2D eigenvalue weighted by atomic mass is 9.90. The lowest BCUT2D eigenvalue weighted by Crippen LogP contribution is -2.60. The zero-order valence-electron chi connectivity index (χ0n) is 10.9. The molecule has 0 aromatic rings. The fourth-order valence-electron chi connectivity index (χ4n) is 2.46. The molecule has 2 aliphatic heterocycles. The van der Waals surface area contributed by atoms with Crippen molar-refractivity contribution in [3.05, 3.63) is 0 Å². The molecule has 2 aliphatic rings. The summed E-state index contributed by atoms with van der Waals surface area (Å²) in [6.45, 7) is 0.536. The number of ether oxygens (including phenoxy) is 1. The van der Waals surface area contributed by atoms with Crippen molar-refractivity contribution in [3.8, 4) is 0 Å². The lowest BCUT2D eigenvalue weighted by Gasteiger charge is -2.34. The monoisotopic (exact) mass is 306 g/mol. The molecule has 0 aromatic carbocycles. The topological polar surface area (TPSA) is 122 Å². The third-order valence-electron chi connectivity index (χ3n) is 3.68. The van der Waals surface area contributed by atoms with E-state index in [0.717, 1.165) is 0 Å². The number of amides is 2. The molecule has 9 heteroatoms. The quantitative estimate of drug-likeness (QED) is 0.621. The maximum atomic E-state index is 11.9. The van der Waals surface area contributed by atoms with Crippen LogP contribution in [0.15, 0.2) is 0 Å². The average Bonchev–Trinajstić information content (AvgIpc) is 2.69. The Labute approximate surface area is 116 Å². The van der Waals surface area contributed by atoms with Gasteiger partial charge in [0.15, 0.2) is 9.84 Å². The maximum absolute atomic E-state index is 11.9. The normalized spacial score (nSPS) is 27.7. The van der Waals surface area contributed by atoms with E-state index in [0.29, 0.717) is 6.42 Å². The van der Waals surface area contributed by atoms with Gasteiger partial charge in [-0.3, -0.25) is 0 Å². The Hall–Kier alpha value is -1.35. The minimum Gasteiger partial charge on any atom is -0.480 e. The van der Waals surface area contributed by atoms with Crippen molar-refractivity contribution in [1.82, 2.24) is 10.6 Å². The van der Waals surface area contributed by atoms with Crippen LogP contribution in [0.2, 0.25) is 0 Å². The highest BCUT2D eigenvalue weighted by Gasteiger charge is 2.42. The van der Waals surface area contributed by atoms with Crippen molar-refractivity contribution in [2.75, 3.05) is 24.7 Å². The van der Waals surface area contributed by atoms with Crippen molar-refractivity contribution >= 4 is 21.8 Å². The van der Waals surface area contributed by atoms with Gasteiger partial charge in [-0.15, -0.1) is 0 Å². The number of carboxylic acid groups (broad SMARTS) is 1. The highest BCUT2D eigenvalue weighted by Crippen LogP contribution is 2.21. The summed E-state index contributed by atoms with van der Waals surface area (Å²) in [5.41, 5.74) is -1.33. The smallest absolute Gasteiger partial charge is 0.329 e. The molecule has 0 spiro atoms. The fourth-order valence-corrected chi connectivity index (χ4v) is 4.13. The van der Waals surface area contributed by atoms with Crippen molar-refractivity contribution < 1.29 is 27.9 Å². The van der Waals surface area contributed by atoms with E-state index in [9.17, 15) is 23.1 Å². The summed E-state index contributed by atoms with van der Waals surface area (Å²) in [6.07, 6.45) is 0.746. The molecule has 0 saturated carbocycles. The number of hydrogen-bond acceptors (Lipinski definition) is 5. The van der Waals surface area contributed by atoms with Crippen LogP contribution in [0.1, 0.15) is 19.3 Å². The van der Waals surface area contributed by atoms with Crippen molar-refractivity contribution in [1.29, 1.82) is 0 Å². The standard InChI is InChI=1S/C11H18N2O6S/c14-9(15)11(2-4-19-5-3-11)13-10(16)12-8-1-6-20(17,18)7-8/h8H,1-7H2,(H,14,15)(H2,12,13,16). The summed E-state index contributed by atoms with van der Waals surface area (Å²) in [5, 5.41) is 14.3. The van der Waals surface area contributed by atoms with Crippen molar-refractivity contribution in [2.24, 2.45) is 0 Å². The Bertz CT molecular complexity index is 497. The van der Waals surface area contributed by atoms with Gasteiger partial charge in [0.1, 0.15) is 5.54 Å². The predicted molar refractivity (Wildman–Crippen MR) is 69.1 cm³/mol. The number of rotatable bonds is 3. The van der Waals surface area contributed by atoms with E-state index in [-0.39, 0.29) is 37.6 Å². The van der Waals surface area contributed by atoms with Gasteiger partial charge in [0.25, 0.3) is 0 Å². The number of sulfone groups is 1. The molecule has 3 N–H and O–H groups in total. The van der Waals surface area contributed by atoms with Crippen LogP contribution in [0.5, 0.6) is 0 Å². The third kappa shape index (κ3) is 3.40. The van der Waals surface area contributed by atoms with Crippen molar-refractivity contribution in [2.45, 2.75) is 30.8 Å². The van der Waals surface area contributed by atoms with E-state index in [1.807, 2.05) is 0 Å². The van der Waals surface area contributed by atoms with Crippen molar-refractivity contribution in [3.63, 3.8) is 0 Å². The van der Waals surface area contributed by atoms with Gasteiger partial charge in [0.2, 0.25) is 0 Å². The van der Waals surface area contributed by atoms with Crippen LogP contribution >= 0.6 is 0 Å². The summed E-state index contributed by atoms with van der Waals surface area (Å²) < 4.78 is 27.7. The minimum atomic E-state index is -3.08. The molecular weight excluding hydrogens is 288 g/mol. The Morgan fingerprint density at radius 3 is 2.40 bits per heavy atom. The second-order valence-corrected chi connectivity index (χ2v) is 7.43. The van der Waals surface area contributed by atoms with Crippen LogP contribution < -0.4 is 10.6 Å². The lowest BCUT2D eigenvalue weighted by molar-refractivity contribution is -0.148. The molecule has 2 saturated heterocycles. The van der Waals surface area contributed by atoms with Gasteiger partial charge in [0.05, 0.1) is 11.5 Å². The molecule has 1 atom stereocenters. The second kappa shape index (κ2) is 5.57. The zero-order valence-corrected chi connectivity index (χ0v) is 11.7. The number of hydrogen-bond donors (Lipinski definition) is 3. The summed E-state index contributed by atoms with van der Waals surface area (Å²) >= 11 is 0. The molecule has 2 amide bonds. The van der Waals surface area contributed by atoms with Gasteiger partial charge < -0.3 is 20.5 Å².